The first kappa shape index (κ1) is 29.5. The van der Waals surface area contributed by atoms with Gasteiger partial charge in [0.15, 0.2) is 0 Å². The molecule has 0 bridgehead atoms. The molecule has 5 nitrogen and oxygen atoms in total. The van der Waals surface area contributed by atoms with E-state index in [0.29, 0.717) is 6.61 Å². The Morgan fingerprint density at radius 1 is 0.757 bits per heavy atom. The van der Waals surface area contributed by atoms with Crippen molar-refractivity contribution in [2.24, 2.45) is 0 Å². The number of unbranched alkanes of at least 4 members (excludes halogenated alkanes) is 9. The molecule has 0 saturated heterocycles. The third-order valence-electron chi connectivity index (χ3n) is 6.31. The van der Waals surface area contributed by atoms with Crippen LogP contribution in [0.3, 0.4) is 0 Å². The van der Waals surface area contributed by atoms with Gasteiger partial charge in [-0.3, -0.25) is 4.89 Å². The Bertz CT molecular complexity index is 1150. The van der Waals surface area contributed by atoms with Gasteiger partial charge < -0.3 is 13.8 Å². The summed E-state index contributed by atoms with van der Waals surface area (Å²) in [6, 6.07) is 18.1. The highest BCUT2D eigenvalue weighted by atomic mass is 79.9. The Morgan fingerprint density at radius 2 is 1.32 bits per heavy atom. The minimum atomic E-state index is -4.36. The van der Waals surface area contributed by atoms with E-state index in [1.807, 2.05) is 37.3 Å². The van der Waals surface area contributed by atoms with Crippen molar-refractivity contribution in [2.45, 2.75) is 82.9 Å². The predicted octanol–water partition coefficient (Wildman–Crippen LogP) is 10.2. The fourth-order valence-electron chi connectivity index (χ4n) is 4.23. The van der Waals surface area contributed by atoms with Gasteiger partial charge in [-0.15, -0.1) is 0 Å². The van der Waals surface area contributed by atoms with Crippen LogP contribution in [0.15, 0.2) is 60.7 Å². The van der Waals surface area contributed by atoms with Crippen LogP contribution >= 0.6 is 23.8 Å². The summed E-state index contributed by atoms with van der Waals surface area (Å²) in [5.74, 6) is 1.32. The number of benzene rings is 3. The van der Waals surface area contributed by atoms with E-state index in [2.05, 4.69) is 22.9 Å². The first-order valence-corrected chi connectivity index (χ1v) is 15.9. The van der Waals surface area contributed by atoms with E-state index in [1.165, 1.54) is 57.8 Å². The molecule has 0 aliphatic heterocycles. The monoisotopic (exact) mass is 590 g/mol. The van der Waals surface area contributed by atoms with E-state index < -0.39 is 7.82 Å². The molecule has 0 amide bonds. The van der Waals surface area contributed by atoms with Crippen molar-refractivity contribution >= 4 is 34.5 Å². The average Bonchev–Trinajstić information content (AvgIpc) is 2.86. The summed E-state index contributed by atoms with van der Waals surface area (Å²) in [4.78, 5) is 10.4. The quantitative estimate of drug-likeness (QED) is 0.0961. The minimum Gasteiger partial charge on any atom is -0.494 e. The van der Waals surface area contributed by atoms with Gasteiger partial charge >= 0.3 is 7.82 Å². The molecule has 1 N–H and O–H groups in total. The Labute approximate surface area is 230 Å². The van der Waals surface area contributed by atoms with Gasteiger partial charge in [0.1, 0.15) is 17.2 Å². The van der Waals surface area contributed by atoms with Crippen LogP contribution < -0.4 is 13.8 Å². The van der Waals surface area contributed by atoms with E-state index in [1.54, 1.807) is 30.3 Å². The third kappa shape index (κ3) is 10.7. The van der Waals surface area contributed by atoms with Crippen molar-refractivity contribution in [3.05, 3.63) is 66.2 Å². The molecule has 0 radical (unpaired) electrons. The summed E-state index contributed by atoms with van der Waals surface area (Å²) in [6.07, 6.45) is 12.9. The number of hydrogen-bond acceptors (Lipinski definition) is 4. The number of ether oxygens (including phenoxy) is 1. The molecule has 2 atom stereocenters. The molecule has 0 spiro atoms. The molecule has 0 saturated carbocycles. The zero-order valence-corrected chi connectivity index (χ0v) is 24.5. The molecule has 202 valence electrons. The van der Waals surface area contributed by atoms with Crippen molar-refractivity contribution in [1.29, 1.82) is 0 Å². The summed E-state index contributed by atoms with van der Waals surface area (Å²) < 4.78 is 29.3. The van der Waals surface area contributed by atoms with Crippen LogP contribution in [0.5, 0.6) is 17.2 Å². The van der Waals surface area contributed by atoms with Gasteiger partial charge in [0.25, 0.3) is 0 Å². The number of phosphoric ester groups is 1. The fraction of sp³-hybridized carbons (Fsp3) is 0.467. The van der Waals surface area contributed by atoms with E-state index in [4.69, 9.17) is 13.8 Å². The first-order chi connectivity index (χ1) is 17.9. The molecule has 0 aliphatic carbocycles. The lowest BCUT2D eigenvalue weighted by Gasteiger charge is -2.15. The normalized spacial score (nSPS) is 13.7. The van der Waals surface area contributed by atoms with Crippen LogP contribution in [0.2, 0.25) is 0 Å². The van der Waals surface area contributed by atoms with E-state index in [-0.39, 0.29) is 16.3 Å². The number of alkyl halides is 1. The third-order valence-corrected chi connectivity index (χ3v) is 7.72. The largest absolute Gasteiger partial charge is 0.584 e. The highest BCUT2D eigenvalue weighted by Gasteiger charge is 2.25. The van der Waals surface area contributed by atoms with E-state index in [9.17, 15) is 9.46 Å². The summed E-state index contributed by atoms with van der Waals surface area (Å²) in [7, 11) is -4.36. The lowest BCUT2D eigenvalue weighted by atomic mass is 10.1. The second kappa shape index (κ2) is 15.4. The molecule has 0 aromatic heterocycles. The number of rotatable bonds is 17. The standard InChI is InChI=1S/C30H40BrO5P/c1-3-4-5-6-7-8-9-10-11-12-20-34-28-18-16-25-17-19-30(23-27(25)22-28)36-37(32,33)35-29-15-13-14-26(21-29)24(2)31/h13-19,21-24H,3-12,20H2,1-2H3,(H,32,33). The smallest absolute Gasteiger partial charge is 0.494 e. The van der Waals surface area contributed by atoms with Gasteiger partial charge in [-0.05, 0) is 66.1 Å². The Balaban J connectivity index is 1.46. The van der Waals surface area contributed by atoms with Crippen LogP contribution in [0.4, 0.5) is 0 Å². The summed E-state index contributed by atoms with van der Waals surface area (Å²) in [5, 5.41) is 1.86. The SMILES string of the molecule is CCCCCCCCCCCCOc1ccc2ccc(OP(=O)(O)Oc3cccc(C(C)Br)c3)cc2c1. The van der Waals surface area contributed by atoms with Crippen LogP contribution in [-0.4, -0.2) is 11.5 Å². The molecule has 37 heavy (non-hydrogen) atoms. The number of halogens is 1. The highest BCUT2D eigenvalue weighted by Crippen LogP contribution is 2.45. The molecule has 0 heterocycles. The molecular weight excluding hydrogens is 551 g/mol. The topological polar surface area (TPSA) is 65.0 Å². The second-order valence-electron chi connectivity index (χ2n) is 9.54. The van der Waals surface area contributed by atoms with Crippen LogP contribution in [-0.2, 0) is 4.57 Å². The Kier molecular flexibility index (Phi) is 12.3. The number of hydrogen-bond donors (Lipinski definition) is 1. The zero-order chi connectivity index (χ0) is 26.5. The summed E-state index contributed by atoms with van der Waals surface area (Å²) in [6.45, 7) is 4.91. The van der Waals surface area contributed by atoms with Crippen molar-refractivity contribution in [1.82, 2.24) is 0 Å². The number of phosphoric acid groups is 1. The molecule has 3 aromatic rings. The molecule has 2 unspecified atom stereocenters. The average molecular weight is 592 g/mol. The van der Waals surface area contributed by atoms with Gasteiger partial charge in [0, 0.05) is 4.83 Å². The summed E-state index contributed by atoms with van der Waals surface area (Å²) >= 11 is 3.49. The van der Waals surface area contributed by atoms with Gasteiger partial charge in [0.05, 0.1) is 6.61 Å². The lowest BCUT2D eigenvalue weighted by molar-refractivity contribution is 0.291. The molecule has 0 fully saturated rings. The van der Waals surface area contributed by atoms with Gasteiger partial charge in [-0.1, -0.05) is 105 Å². The van der Waals surface area contributed by atoms with Crippen molar-refractivity contribution in [2.75, 3.05) is 6.61 Å². The second-order valence-corrected chi connectivity index (χ2v) is 12.2. The molecule has 0 aliphatic rings. The molecule has 7 heteroatoms. The number of fused-ring (bicyclic) bond motifs is 1. The first-order valence-electron chi connectivity index (χ1n) is 13.5. The maximum absolute atomic E-state index is 12.6. The van der Waals surface area contributed by atoms with Gasteiger partial charge in [-0.25, -0.2) is 4.57 Å². The zero-order valence-electron chi connectivity index (χ0n) is 22.0. The van der Waals surface area contributed by atoms with Crippen molar-refractivity contribution < 1.29 is 23.2 Å². The summed E-state index contributed by atoms with van der Waals surface area (Å²) in [5.41, 5.74) is 0.938. The Morgan fingerprint density at radius 3 is 1.97 bits per heavy atom. The maximum atomic E-state index is 12.6. The maximum Gasteiger partial charge on any atom is 0.584 e. The molecule has 3 aromatic carbocycles. The van der Waals surface area contributed by atoms with Crippen LogP contribution in [0, 0.1) is 0 Å². The van der Waals surface area contributed by atoms with E-state index in [0.717, 1.165) is 28.5 Å². The molecular formula is C30H40BrO5P. The Hall–Kier alpha value is -2.01. The predicted molar refractivity (Wildman–Crippen MR) is 156 cm³/mol. The van der Waals surface area contributed by atoms with Crippen LogP contribution in [0.25, 0.3) is 10.8 Å². The molecule has 3 rings (SSSR count). The van der Waals surface area contributed by atoms with Gasteiger partial charge in [0.2, 0.25) is 0 Å². The lowest BCUT2D eigenvalue weighted by Crippen LogP contribution is -2.00. The van der Waals surface area contributed by atoms with Crippen molar-refractivity contribution in [3.8, 4) is 17.2 Å². The van der Waals surface area contributed by atoms with Crippen LogP contribution in [0.1, 0.15) is 88.4 Å². The highest BCUT2D eigenvalue weighted by molar-refractivity contribution is 9.09. The van der Waals surface area contributed by atoms with Crippen molar-refractivity contribution in [3.63, 3.8) is 0 Å². The van der Waals surface area contributed by atoms with E-state index >= 15 is 0 Å². The van der Waals surface area contributed by atoms with Gasteiger partial charge in [-0.2, -0.15) is 0 Å². The fourth-order valence-corrected chi connectivity index (χ4v) is 5.31. The minimum absolute atomic E-state index is 0.0945.